The molecule has 5 heteroatoms. The first-order valence-electron chi connectivity index (χ1n) is 4.83. The summed E-state index contributed by atoms with van der Waals surface area (Å²) in [7, 11) is 0. The van der Waals surface area contributed by atoms with Crippen molar-refractivity contribution < 1.29 is 4.79 Å². The number of halogens is 3. The molecule has 1 unspecified atom stereocenters. The van der Waals surface area contributed by atoms with Gasteiger partial charge in [-0.05, 0) is 46.7 Å². The summed E-state index contributed by atoms with van der Waals surface area (Å²) in [5, 5.41) is 3.41. The lowest BCUT2D eigenvalue weighted by Gasteiger charge is -2.09. The van der Waals surface area contributed by atoms with E-state index in [0.29, 0.717) is 23.0 Å². The van der Waals surface area contributed by atoms with Gasteiger partial charge in [0.15, 0.2) is 0 Å². The number of nitrogens with one attached hydrogen (secondary N) is 1. The Morgan fingerprint density at radius 2 is 2.25 bits per heavy atom. The highest BCUT2D eigenvalue weighted by molar-refractivity contribution is 14.1. The highest BCUT2D eigenvalue weighted by atomic mass is 127. The maximum Gasteiger partial charge on any atom is 0.251 e. The van der Waals surface area contributed by atoms with E-state index in [1.165, 1.54) is 0 Å². The summed E-state index contributed by atoms with van der Waals surface area (Å²) in [6, 6.07) is 5.25. The number of benzene rings is 1. The summed E-state index contributed by atoms with van der Waals surface area (Å²) in [5.41, 5.74) is 0.576. The van der Waals surface area contributed by atoms with E-state index in [1.807, 2.05) is 13.0 Å². The van der Waals surface area contributed by atoms with Crippen LogP contribution in [0, 0.1) is 9.49 Å². The average molecular weight is 372 g/mol. The van der Waals surface area contributed by atoms with Crippen LogP contribution in [0.15, 0.2) is 18.2 Å². The first-order valence-corrected chi connectivity index (χ1v) is 6.83. The van der Waals surface area contributed by atoms with Gasteiger partial charge in [0, 0.05) is 21.6 Å². The second kappa shape index (κ2) is 6.67. The molecule has 0 aliphatic carbocycles. The molecule has 1 rings (SSSR count). The van der Waals surface area contributed by atoms with Crippen molar-refractivity contribution in [3.63, 3.8) is 0 Å². The van der Waals surface area contributed by atoms with E-state index in [4.69, 9.17) is 23.2 Å². The Balaban J connectivity index is 2.63. The minimum atomic E-state index is -0.115. The number of carbonyl (C=O) groups is 1. The summed E-state index contributed by atoms with van der Waals surface area (Å²) >= 11 is 13.7. The van der Waals surface area contributed by atoms with Gasteiger partial charge in [0.1, 0.15) is 0 Å². The Morgan fingerprint density at radius 3 is 2.81 bits per heavy atom. The largest absolute Gasteiger partial charge is 0.352 e. The molecular formula is C11H12Cl2INO. The molecule has 0 heterocycles. The number of amides is 1. The fraction of sp³-hybridized carbons (Fsp3) is 0.364. The third-order valence-electron chi connectivity index (χ3n) is 2.06. The Morgan fingerprint density at radius 1 is 1.56 bits per heavy atom. The number of hydrogen-bond donors (Lipinski definition) is 1. The van der Waals surface area contributed by atoms with E-state index in [9.17, 15) is 4.79 Å². The molecule has 0 spiro atoms. The van der Waals surface area contributed by atoms with Crippen LogP contribution in [0.2, 0.25) is 5.02 Å². The Kier molecular flexibility index (Phi) is 5.86. The van der Waals surface area contributed by atoms with Gasteiger partial charge in [0.05, 0.1) is 5.02 Å². The van der Waals surface area contributed by atoms with E-state index < -0.39 is 0 Å². The molecule has 1 aromatic rings. The van der Waals surface area contributed by atoms with Crippen LogP contribution in [-0.2, 0) is 0 Å². The molecule has 0 aliphatic heterocycles. The molecule has 2 nitrogen and oxygen atoms in total. The van der Waals surface area contributed by atoms with Crippen LogP contribution < -0.4 is 5.32 Å². The Hall–Kier alpha value is -0.0000000000000000555. The normalized spacial score (nSPS) is 12.2. The first-order chi connectivity index (χ1) is 7.54. The summed E-state index contributed by atoms with van der Waals surface area (Å²) in [4.78, 5) is 11.7. The van der Waals surface area contributed by atoms with Gasteiger partial charge in [-0.25, -0.2) is 0 Å². The van der Waals surface area contributed by atoms with Crippen molar-refractivity contribution in [3.05, 3.63) is 32.4 Å². The summed E-state index contributed by atoms with van der Waals surface area (Å²) in [6.45, 7) is 2.56. The van der Waals surface area contributed by atoms with Crippen molar-refractivity contribution in [2.45, 2.75) is 6.92 Å². The van der Waals surface area contributed by atoms with Crippen LogP contribution >= 0.6 is 45.8 Å². The van der Waals surface area contributed by atoms with Gasteiger partial charge in [-0.3, -0.25) is 4.79 Å². The van der Waals surface area contributed by atoms with Gasteiger partial charge >= 0.3 is 0 Å². The molecule has 16 heavy (non-hydrogen) atoms. The Labute approximate surface area is 119 Å². The molecule has 0 saturated heterocycles. The topological polar surface area (TPSA) is 29.1 Å². The number of hydrogen-bond acceptors (Lipinski definition) is 1. The predicted molar refractivity (Wildman–Crippen MR) is 76.4 cm³/mol. The molecule has 88 valence electrons. The first kappa shape index (κ1) is 14.1. The van der Waals surface area contributed by atoms with Crippen molar-refractivity contribution >= 4 is 51.7 Å². The number of rotatable bonds is 4. The molecule has 1 atom stereocenters. The van der Waals surface area contributed by atoms with Crippen molar-refractivity contribution in [2.24, 2.45) is 5.92 Å². The quantitative estimate of drug-likeness (QED) is 0.636. The van der Waals surface area contributed by atoms with Crippen molar-refractivity contribution in [1.29, 1.82) is 0 Å². The molecule has 0 aliphatic rings. The van der Waals surface area contributed by atoms with E-state index >= 15 is 0 Å². The minimum absolute atomic E-state index is 0.115. The minimum Gasteiger partial charge on any atom is -0.352 e. The predicted octanol–water partition coefficient (Wildman–Crippen LogP) is 3.55. The molecule has 0 saturated carbocycles. The van der Waals surface area contributed by atoms with Crippen LogP contribution in [0.3, 0.4) is 0 Å². The SMILES string of the molecule is CC(CCl)CNC(=O)c1ccc(I)c(Cl)c1. The average Bonchev–Trinajstić information content (AvgIpc) is 2.29. The maximum absolute atomic E-state index is 11.7. The Bertz CT molecular complexity index is 384. The summed E-state index contributed by atoms with van der Waals surface area (Å²) in [5.74, 6) is 0.688. The highest BCUT2D eigenvalue weighted by Crippen LogP contribution is 2.19. The maximum atomic E-state index is 11.7. The fourth-order valence-electron chi connectivity index (χ4n) is 1.06. The number of alkyl halides is 1. The number of carbonyl (C=O) groups excluding carboxylic acids is 1. The van der Waals surface area contributed by atoms with Gasteiger partial charge < -0.3 is 5.32 Å². The van der Waals surface area contributed by atoms with Crippen molar-refractivity contribution in [1.82, 2.24) is 5.32 Å². The van der Waals surface area contributed by atoms with E-state index in [1.54, 1.807) is 12.1 Å². The van der Waals surface area contributed by atoms with E-state index in [0.717, 1.165) is 3.57 Å². The van der Waals surface area contributed by atoms with Crippen LogP contribution in [0.1, 0.15) is 17.3 Å². The van der Waals surface area contributed by atoms with E-state index in [-0.39, 0.29) is 11.8 Å². The molecule has 1 amide bonds. The highest BCUT2D eigenvalue weighted by Gasteiger charge is 2.08. The monoisotopic (exact) mass is 371 g/mol. The van der Waals surface area contributed by atoms with Gasteiger partial charge in [0.25, 0.3) is 5.91 Å². The standard InChI is InChI=1S/C11H12Cl2INO/c1-7(5-12)6-15-11(16)8-2-3-10(14)9(13)4-8/h2-4,7H,5-6H2,1H3,(H,15,16). The van der Waals surface area contributed by atoms with Crippen molar-refractivity contribution in [3.8, 4) is 0 Å². The lowest BCUT2D eigenvalue weighted by Crippen LogP contribution is -2.28. The van der Waals surface area contributed by atoms with Crippen LogP contribution in [0.25, 0.3) is 0 Å². The van der Waals surface area contributed by atoms with Gasteiger partial charge in [-0.1, -0.05) is 18.5 Å². The fourth-order valence-corrected chi connectivity index (χ4v) is 1.69. The van der Waals surface area contributed by atoms with Gasteiger partial charge in [-0.15, -0.1) is 11.6 Å². The third-order valence-corrected chi connectivity index (χ3v) is 4.16. The molecule has 0 fully saturated rings. The summed E-state index contributed by atoms with van der Waals surface area (Å²) < 4.78 is 0.935. The zero-order valence-corrected chi connectivity index (χ0v) is 12.4. The van der Waals surface area contributed by atoms with Crippen LogP contribution in [-0.4, -0.2) is 18.3 Å². The second-order valence-electron chi connectivity index (χ2n) is 3.60. The molecule has 1 N–H and O–H groups in total. The van der Waals surface area contributed by atoms with Crippen LogP contribution in [0.5, 0.6) is 0 Å². The molecule has 0 aromatic heterocycles. The smallest absolute Gasteiger partial charge is 0.251 e. The van der Waals surface area contributed by atoms with Crippen molar-refractivity contribution in [2.75, 3.05) is 12.4 Å². The zero-order chi connectivity index (χ0) is 12.1. The molecule has 0 bridgehead atoms. The molecule has 1 aromatic carbocycles. The van der Waals surface area contributed by atoms with Crippen LogP contribution in [0.4, 0.5) is 0 Å². The third kappa shape index (κ3) is 4.11. The summed E-state index contributed by atoms with van der Waals surface area (Å²) in [6.07, 6.45) is 0. The molecule has 0 radical (unpaired) electrons. The zero-order valence-electron chi connectivity index (χ0n) is 8.77. The lowest BCUT2D eigenvalue weighted by atomic mass is 10.2. The van der Waals surface area contributed by atoms with E-state index in [2.05, 4.69) is 27.9 Å². The second-order valence-corrected chi connectivity index (χ2v) is 5.48. The van der Waals surface area contributed by atoms with Gasteiger partial charge in [-0.2, -0.15) is 0 Å². The molecular weight excluding hydrogens is 360 g/mol. The van der Waals surface area contributed by atoms with Gasteiger partial charge in [0.2, 0.25) is 0 Å². The lowest BCUT2D eigenvalue weighted by molar-refractivity contribution is 0.0949.